The molecule has 0 aliphatic rings. The number of aryl methyl sites for hydroxylation is 1. The number of methoxy groups -OCH3 is 1. The van der Waals surface area contributed by atoms with Crippen molar-refractivity contribution in [2.24, 2.45) is 0 Å². The minimum Gasteiger partial charge on any atom is -0.495 e. The number of nitrogens with one attached hydrogen (secondary N) is 2. The lowest BCUT2D eigenvalue weighted by molar-refractivity contribution is -0.122. The summed E-state index contributed by atoms with van der Waals surface area (Å²) in [4.78, 5) is 42.5. The van der Waals surface area contributed by atoms with Gasteiger partial charge in [0.1, 0.15) is 5.75 Å². The first-order valence-corrected chi connectivity index (χ1v) is 12.7. The summed E-state index contributed by atoms with van der Waals surface area (Å²) in [7, 11) is 1.53. The molecule has 1 aromatic heterocycles. The van der Waals surface area contributed by atoms with Gasteiger partial charge in [0.15, 0.2) is 5.16 Å². The van der Waals surface area contributed by atoms with Crippen LogP contribution in [0, 0.1) is 6.92 Å². The highest BCUT2D eigenvalue weighted by Crippen LogP contribution is 2.25. The van der Waals surface area contributed by atoms with Gasteiger partial charge < -0.3 is 15.4 Å². The van der Waals surface area contributed by atoms with Crippen molar-refractivity contribution in [3.05, 3.63) is 58.4 Å². The maximum atomic E-state index is 13.1. The van der Waals surface area contributed by atoms with E-state index in [-0.39, 0.29) is 29.7 Å². The number of para-hydroxylation sites is 1. The molecule has 8 nitrogen and oxygen atoms in total. The highest BCUT2D eigenvalue weighted by Gasteiger charge is 2.14. The van der Waals surface area contributed by atoms with Gasteiger partial charge >= 0.3 is 0 Å². The Bertz CT molecular complexity index is 1240. The van der Waals surface area contributed by atoms with Gasteiger partial charge in [-0.05, 0) is 43.2 Å². The van der Waals surface area contributed by atoms with E-state index >= 15 is 0 Å². The fourth-order valence-corrected chi connectivity index (χ4v) is 4.48. The van der Waals surface area contributed by atoms with Crippen molar-refractivity contribution in [3.8, 4) is 5.75 Å². The standard InChI is InChI=1S/C26H32N4O4S/c1-4-5-6-9-14-30-25(33)19-10-7-8-11-20(19)29-26(30)35-17-24(32)27-16-23(31)28-21-15-18(2)12-13-22(21)34-3/h7-8,10-13,15H,4-6,9,14,16-17H2,1-3H3,(H,27,32)(H,28,31). The molecule has 0 atom stereocenters. The quantitative estimate of drug-likeness (QED) is 0.222. The van der Waals surface area contributed by atoms with Crippen molar-refractivity contribution in [1.29, 1.82) is 0 Å². The molecule has 9 heteroatoms. The molecule has 35 heavy (non-hydrogen) atoms. The number of benzene rings is 2. The summed E-state index contributed by atoms with van der Waals surface area (Å²) in [6, 6.07) is 12.7. The Hall–Kier alpha value is -3.33. The molecular weight excluding hydrogens is 464 g/mol. The molecule has 2 aromatic carbocycles. The van der Waals surface area contributed by atoms with Crippen LogP contribution in [-0.4, -0.2) is 40.8 Å². The molecule has 0 unspecified atom stereocenters. The van der Waals surface area contributed by atoms with E-state index in [1.807, 2.05) is 25.1 Å². The maximum absolute atomic E-state index is 13.1. The molecule has 0 saturated heterocycles. The number of anilines is 1. The van der Waals surface area contributed by atoms with E-state index in [1.54, 1.807) is 28.8 Å². The van der Waals surface area contributed by atoms with Gasteiger partial charge in [0.2, 0.25) is 11.8 Å². The number of aromatic nitrogens is 2. The van der Waals surface area contributed by atoms with Gasteiger partial charge in [-0.1, -0.05) is 56.1 Å². The lowest BCUT2D eigenvalue weighted by atomic mass is 10.2. The number of thioether (sulfide) groups is 1. The molecule has 2 amide bonds. The highest BCUT2D eigenvalue weighted by molar-refractivity contribution is 7.99. The topological polar surface area (TPSA) is 102 Å². The lowest BCUT2D eigenvalue weighted by Gasteiger charge is -2.13. The fraction of sp³-hybridized carbons (Fsp3) is 0.385. The van der Waals surface area contributed by atoms with Crippen LogP contribution in [0.25, 0.3) is 10.9 Å². The van der Waals surface area contributed by atoms with Crippen molar-refractivity contribution in [2.75, 3.05) is 24.7 Å². The Morgan fingerprint density at radius 2 is 1.89 bits per heavy atom. The predicted molar refractivity (Wildman–Crippen MR) is 140 cm³/mol. The van der Waals surface area contributed by atoms with Gasteiger partial charge in [-0.3, -0.25) is 19.0 Å². The number of fused-ring (bicyclic) bond motifs is 1. The lowest BCUT2D eigenvalue weighted by Crippen LogP contribution is -2.34. The summed E-state index contributed by atoms with van der Waals surface area (Å²) in [6.45, 7) is 4.44. The molecule has 2 N–H and O–H groups in total. The first-order valence-electron chi connectivity index (χ1n) is 11.8. The summed E-state index contributed by atoms with van der Waals surface area (Å²) < 4.78 is 6.93. The van der Waals surface area contributed by atoms with Crippen LogP contribution in [-0.2, 0) is 16.1 Å². The number of carbonyl (C=O) groups excluding carboxylic acids is 2. The molecule has 0 spiro atoms. The molecule has 3 rings (SSSR count). The number of amides is 2. The first-order chi connectivity index (χ1) is 16.9. The van der Waals surface area contributed by atoms with Crippen LogP contribution >= 0.6 is 11.8 Å². The van der Waals surface area contributed by atoms with E-state index in [1.165, 1.54) is 18.9 Å². The zero-order chi connectivity index (χ0) is 25.2. The van der Waals surface area contributed by atoms with Crippen molar-refractivity contribution in [2.45, 2.75) is 51.2 Å². The number of hydrogen-bond donors (Lipinski definition) is 2. The molecule has 186 valence electrons. The predicted octanol–water partition coefficient (Wildman–Crippen LogP) is 4.14. The van der Waals surface area contributed by atoms with E-state index in [0.717, 1.165) is 31.2 Å². The molecule has 1 heterocycles. The molecular formula is C26H32N4O4S. The molecule has 0 fully saturated rings. The highest BCUT2D eigenvalue weighted by atomic mass is 32.2. The summed E-state index contributed by atoms with van der Waals surface area (Å²) >= 11 is 1.20. The number of ether oxygens (including phenoxy) is 1. The third kappa shape index (κ3) is 7.32. The van der Waals surface area contributed by atoms with E-state index < -0.39 is 0 Å². The van der Waals surface area contributed by atoms with Crippen LogP contribution in [0.5, 0.6) is 5.75 Å². The van der Waals surface area contributed by atoms with Crippen LogP contribution in [0.2, 0.25) is 0 Å². The second-order valence-corrected chi connectivity index (χ2v) is 9.19. The van der Waals surface area contributed by atoms with Crippen LogP contribution in [0.15, 0.2) is 52.4 Å². The van der Waals surface area contributed by atoms with Gasteiger partial charge in [-0.15, -0.1) is 0 Å². The van der Waals surface area contributed by atoms with Crippen LogP contribution < -0.4 is 20.9 Å². The maximum Gasteiger partial charge on any atom is 0.262 e. The minimum absolute atomic E-state index is 0.0424. The van der Waals surface area contributed by atoms with E-state index in [0.29, 0.717) is 34.0 Å². The molecule has 0 aliphatic carbocycles. The molecule has 3 aromatic rings. The van der Waals surface area contributed by atoms with Gasteiger partial charge in [0.05, 0.1) is 36.0 Å². The number of hydrogen-bond acceptors (Lipinski definition) is 6. The number of nitrogens with zero attached hydrogens (tertiary/aromatic N) is 2. The Labute approximate surface area is 209 Å². The second-order valence-electron chi connectivity index (χ2n) is 8.25. The summed E-state index contributed by atoms with van der Waals surface area (Å²) in [5, 5.41) is 6.46. The third-order valence-electron chi connectivity index (χ3n) is 5.47. The summed E-state index contributed by atoms with van der Waals surface area (Å²) in [6.07, 6.45) is 4.12. The van der Waals surface area contributed by atoms with Crippen LogP contribution in [0.1, 0.15) is 38.2 Å². The Morgan fingerprint density at radius 3 is 2.66 bits per heavy atom. The van der Waals surface area contributed by atoms with E-state index in [9.17, 15) is 14.4 Å². The van der Waals surface area contributed by atoms with Gasteiger partial charge in [0.25, 0.3) is 5.56 Å². The zero-order valence-corrected chi connectivity index (χ0v) is 21.2. The van der Waals surface area contributed by atoms with Crippen molar-refractivity contribution >= 4 is 40.2 Å². The molecule has 0 radical (unpaired) electrons. The van der Waals surface area contributed by atoms with Gasteiger partial charge in [-0.25, -0.2) is 4.98 Å². The van der Waals surface area contributed by atoms with Crippen molar-refractivity contribution in [1.82, 2.24) is 14.9 Å². The van der Waals surface area contributed by atoms with E-state index in [4.69, 9.17) is 4.74 Å². The van der Waals surface area contributed by atoms with Crippen LogP contribution in [0.4, 0.5) is 5.69 Å². The number of carbonyl (C=O) groups is 2. The Kier molecular flexibility index (Phi) is 9.72. The zero-order valence-electron chi connectivity index (χ0n) is 20.4. The SMILES string of the molecule is CCCCCCn1c(SCC(=O)NCC(=O)Nc2cc(C)ccc2OC)nc2ccccc2c1=O. The third-order valence-corrected chi connectivity index (χ3v) is 6.45. The smallest absolute Gasteiger partial charge is 0.262 e. The fourth-order valence-electron chi connectivity index (χ4n) is 3.63. The minimum atomic E-state index is -0.357. The summed E-state index contributed by atoms with van der Waals surface area (Å²) in [5.41, 5.74) is 2.04. The molecule has 0 bridgehead atoms. The number of unbranched alkanes of at least 4 members (excludes halogenated alkanes) is 3. The average Bonchev–Trinajstić information content (AvgIpc) is 2.85. The van der Waals surface area contributed by atoms with Crippen molar-refractivity contribution in [3.63, 3.8) is 0 Å². The monoisotopic (exact) mass is 496 g/mol. The molecule has 0 aliphatic heterocycles. The van der Waals surface area contributed by atoms with Gasteiger partial charge in [0, 0.05) is 6.54 Å². The van der Waals surface area contributed by atoms with Gasteiger partial charge in [-0.2, -0.15) is 0 Å². The Morgan fingerprint density at radius 1 is 1.09 bits per heavy atom. The van der Waals surface area contributed by atoms with Crippen LogP contribution in [0.3, 0.4) is 0 Å². The second kappa shape index (κ2) is 12.9. The van der Waals surface area contributed by atoms with E-state index in [2.05, 4.69) is 22.5 Å². The number of rotatable bonds is 12. The summed E-state index contributed by atoms with van der Waals surface area (Å²) in [5.74, 6) is -0.0869. The Balaban J connectivity index is 1.62. The largest absolute Gasteiger partial charge is 0.495 e. The first kappa shape index (κ1) is 26.3. The normalized spacial score (nSPS) is 10.8. The molecule has 0 saturated carbocycles. The van der Waals surface area contributed by atoms with Crippen molar-refractivity contribution < 1.29 is 14.3 Å². The average molecular weight is 497 g/mol.